The van der Waals surface area contributed by atoms with E-state index in [-0.39, 0.29) is 11.4 Å². The molecule has 1 atom stereocenters. The van der Waals surface area contributed by atoms with Crippen molar-refractivity contribution in [3.8, 4) is 0 Å². The Morgan fingerprint density at radius 1 is 1.14 bits per heavy atom. The second-order valence-corrected chi connectivity index (χ2v) is 7.94. The fourth-order valence-electron chi connectivity index (χ4n) is 4.25. The lowest BCUT2D eigenvalue weighted by Crippen LogP contribution is -2.48. The summed E-state index contributed by atoms with van der Waals surface area (Å²) in [5.74, 6) is -0.00880. The second kappa shape index (κ2) is 9.83. The topological polar surface area (TPSA) is 42.4 Å². The van der Waals surface area contributed by atoms with Gasteiger partial charge in [0, 0.05) is 18.4 Å². The lowest BCUT2D eigenvalue weighted by Gasteiger charge is -2.42. The predicted octanol–water partition coefficient (Wildman–Crippen LogP) is 4.29. The van der Waals surface area contributed by atoms with E-state index in [9.17, 15) is 4.79 Å². The number of benzene rings is 1. The maximum Gasteiger partial charge on any atom is 0.312 e. The Labute approximate surface area is 168 Å². The molecule has 1 saturated heterocycles. The minimum atomic E-state index is -0.351. The van der Waals surface area contributed by atoms with Gasteiger partial charge in [0.1, 0.15) is 0 Å². The normalized spacial score (nSPS) is 17.8. The first kappa shape index (κ1) is 20.5. The molecule has 0 bridgehead atoms. The molecule has 150 valence electrons. The van der Waals surface area contributed by atoms with E-state index in [1.807, 2.05) is 31.5 Å². The highest BCUT2D eigenvalue weighted by Crippen LogP contribution is 2.38. The summed E-state index contributed by atoms with van der Waals surface area (Å²) in [6, 6.07) is 15.0. The molecule has 0 saturated carbocycles. The Bertz CT molecular complexity index is 725. The minimum absolute atomic E-state index is 0.00880. The van der Waals surface area contributed by atoms with Gasteiger partial charge in [-0.1, -0.05) is 36.4 Å². The van der Waals surface area contributed by atoms with Gasteiger partial charge in [-0.3, -0.25) is 9.78 Å². The van der Waals surface area contributed by atoms with Gasteiger partial charge in [0.2, 0.25) is 0 Å². The largest absolute Gasteiger partial charge is 0.466 e. The van der Waals surface area contributed by atoms with Crippen molar-refractivity contribution in [2.45, 2.75) is 52.0 Å². The van der Waals surface area contributed by atoms with Crippen LogP contribution in [0.5, 0.6) is 0 Å². The van der Waals surface area contributed by atoms with E-state index < -0.39 is 0 Å². The molecule has 1 aromatic carbocycles. The monoisotopic (exact) mass is 380 g/mol. The summed E-state index contributed by atoms with van der Waals surface area (Å²) in [5, 5.41) is 0. The van der Waals surface area contributed by atoms with Crippen molar-refractivity contribution in [2.75, 3.05) is 19.7 Å². The van der Waals surface area contributed by atoms with Gasteiger partial charge in [-0.25, -0.2) is 0 Å². The molecule has 4 heteroatoms. The number of carbonyl (C=O) groups is 1. The Kier molecular flexibility index (Phi) is 7.21. The summed E-state index contributed by atoms with van der Waals surface area (Å²) in [5.41, 5.74) is 2.20. The number of hydrogen-bond acceptors (Lipinski definition) is 4. The molecule has 1 aliphatic heterocycles. The van der Waals surface area contributed by atoms with Crippen LogP contribution in [0.3, 0.4) is 0 Å². The number of carbonyl (C=O) groups excluding carboxylic acids is 1. The summed E-state index contributed by atoms with van der Waals surface area (Å²) in [6.07, 6.45) is 8.28. The fraction of sp³-hybridized carbons (Fsp3) is 0.500. The van der Waals surface area contributed by atoms with E-state index in [1.165, 1.54) is 11.1 Å². The second-order valence-electron chi connectivity index (χ2n) is 7.94. The first-order valence-corrected chi connectivity index (χ1v) is 10.5. The molecule has 2 aromatic rings. The maximum atomic E-state index is 12.9. The molecule has 1 unspecified atom stereocenters. The van der Waals surface area contributed by atoms with Gasteiger partial charge in [0.15, 0.2) is 0 Å². The Hall–Kier alpha value is -2.20. The van der Waals surface area contributed by atoms with E-state index in [0.717, 1.165) is 45.2 Å². The van der Waals surface area contributed by atoms with Gasteiger partial charge in [-0.05, 0) is 76.2 Å². The van der Waals surface area contributed by atoms with E-state index in [1.54, 1.807) is 0 Å². The molecule has 1 aliphatic rings. The van der Waals surface area contributed by atoms with Crippen LogP contribution >= 0.6 is 0 Å². The molecular formula is C24H32N2O2. The summed E-state index contributed by atoms with van der Waals surface area (Å²) in [4.78, 5) is 19.6. The highest BCUT2D eigenvalue weighted by Gasteiger charge is 2.42. The zero-order chi connectivity index (χ0) is 19.8. The first-order chi connectivity index (χ1) is 13.6. The third kappa shape index (κ3) is 5.20. The lowest BCUT2D eigenvalue weighted by molar-refractivity contribution is -0.159. The minimum Gasteiger partial charge on any atom is -0.466 e. The van der Waals surface area contributed by atoms with Crippen LogP contribution in [-0.2, 0) is 22.4 Å². The Morgan fingerprint density at radius 3 is 2.50 bits per heavy atom. The summed E-state index contributed by atoms with van der Waals surface area (Å²) >= 11 is 0. The van der Waals surface area contributed by atoms with Crippen LogP contribution in [0.1, 0.15) is 44.2 Å². The zero-order valence-corrected chi connectivity index (χ0v) is 17.1. The van der Waals surface area contributed by atoms with Crippen LogP contribution in [0, 0.1) is 5.41 Å². The molecule has 0 aliphatic carbocycles. The number of likely N-dealkylation sites (tertiary alicyclic amines) is 1. The average Bonchev–Trinajstić information content (AvgIpc) is 2.74. The number of pyridine rings is 1. The number of rotatable bonds is 8. The summed E-state index contributed by atoms with van der Waals surface area (Å²) < 4.78 is 5.50. The van der Waals surface area contributed by atoms with Crippen LogP contribution < -0.4 is 0 Å². The molecule has 3 rings (SSSR count). The molecule has 0 amide bonds. The van der Waals surface area contributed by atoms with Crippen molar-refractivity contribution in [1.82, 2.24) is 9.88 Å². The van der Waals surface area contributed by atoms with Crippen molar-refractivity contribution in [1.29, 1.82) is 0 Å². The molecule has 0 spiro atoms. The van der Waals surface area contributed by atoms with Crippen LogP contribution in [0.4, 0.5) is 0 Å². The quantitative estimate of drug-likeness (QED) is 0.641. The maximum absolute atomic E-state index is 12.9. The van der Waals surface area contributed by atoms with Crippen molar-refractivity contribution in [3.05, 3.63) is 66.0 Å². The molecule has 2 heterocycles. The highest BCUT2D eigenvalue weighted by atomic mass is 16.5. The lowest BCUT2D eigenvalue weighted by atomic mass is 9.73. The van der Waals surface area contributed by atoms with Crippen molar-refractivity contribution in [3.63, 3.8) is 0 Å². The predicted molar refractivity (Wildman–Crippen MR) is 112 cm³/mol. The van der Waals surface area contributed by atoms with E-state index in [2.05, 4.69) is 47.1 Å². The fourth-order valence-corrected chi connectivity index (χ4v) is 4.25. The van der Waals surface area contributed by atoms with Crippen molar-refractivity contribution < 1.29 is 9.53 Å². The van der Waals surface area contributed by atoms with Gasteiger partial charge >= 0.3 is 5.97 Å². The smallest absolute Gasteiger partial charge is 0.312 e. The third-order valence-electron chi connectivity index (χ3n) is 6.08. The number of aromatic nitrogens is 1. The van der Waals surface area contributed by atoms with Crippen LogP contribution in [0.25, 0.3) is 0 Å². The molecule has 0 N–H and O–H groups in total. The number of esters is 1. The van der Waals surface area contributed by atoms with Gasteiger partial charge < -0.3 is 9.64 Å². The van der Waals surface area contributed by atoms with Crippen LogP contribution in [0.2, 0.25) is 0 Å². The zero-order valence-electron chi connectivity index (χ0n) is 17.1. The molecule has 1 aromatic heterocycles. The summed E-state index contributed by atoms with van der Waals surface area (Å²) in [6.45, 7) is 6.50. The molecule has 28 heavy (non-hydrogen) atoms. The highest BCUT2D eigenvalue weighted by molar-refractivity contribution is 5.77. The number of piperidine rings is 1. The van der Waals surface area contributed by atoms with Gasteiger partial charge in [0.25, 0.3) is 0 Å². The van der Waals surface area contributed by atoms with E-state index in [4.69, 9.17) is 4.74 Å². The molecule has 0 radical (unpaired) electrons. The van der Waals surface area contributed by atoms with Crippen molar-refractivity contribution >= 4 is 5.97 Å². The van der Waals surface area contributed by atoms with E-state index >= 15 is 0 Å². The average molecular weight is 381 g/mol. The van der Waals surface area contributed by atoms with Gasteiger partial charge in [-0.2, -0.15) is 0 Å². The summed E-state index contributed by atoms with van der Waals surface area (Å²) in [7, 11) is 0. The van der Waals surface area contributed by atoms with Crippen molar-refractivity contribution in [2.24, 2.45) is 5.41 Å². The number of ether oxygens (including phenoxy) is 1. The Balaban J connectivity index is 1.62. The Morgan fingerprint density at radius 2 is 1.86 bits per heavy atom. The van der Waals surface area contributed by atoms with E-state index in [0.29, 0.717) is 12.6 Å². The van der Waals surface area contributed by atoms with Gasteiger partial charge in [-0.15, -0.1) is 0 Å². The first-order valence-electron chi connectivity index (χ1n) is 10.5. The van der Waals surface area contributed by atoms with Crippen LogP contribution in [-0.4, -0.2) is 41.6 Å². The molecular weight excluding hydrogens is 348 g/mol. The van der Waals surface area contributed by atoms with Gasteiger partial charge in [0.05, 0.1) is 12.0 Å². The SMILES string of the molecule is CCOC(=O)C1(CCc2ccccc2)CCN(C(C)Cc2cccnc2)CC1. The third-order valence-corrected chi connectivity index (χ3v) is 6.08. The molecule has 4 nitrogen and oxygen atoms in total. The molecule has 1 fully saturated rings. The number of aryl methyl sites for hydroxylation is 1. The standard InChI is InChI=1S/C24H32N2O2/c1-3-28-23(27)24(12-11-21-8-5-4-6-9-21)13-16-26(17-14-24)20(2)18-22-10-7-15-25-19-22/h4-10,15,19-20H,3,11-14,16-18H2,1-2H3. The number of nitrogens with zero attached hydrogens (tertiary/aromatic N) is 2. The van der Waals surface area contributed by atoms with Crippen LogP contribution in [0.15, 0.2) is 54.9 Å². The number of hydrogen-bond donors (Lipinski definition) is 0.